The fourth-order valence-electron chi connectivity index (χ4n) is 2.63. The van der Waals surface area contributed by atoms with Crippen molar-refractivity contribution >= 4 is 9.84 Å². The molecule has 2 unspecified atom stereocenters. The molecule has 1 fully saturated rings. The summed E-state index contributed by atoms with van der Waals surface area (Å²) in [5, 5.41) is 0. The number of epoxide rings is 1. The Balaban J connectivity index is 2.41. The molecule has 0 saturated carbocycles. The topological polar surface area (TPSA) is 55.9 Å². The van der Waals surface area contributed by atoms with E-state index in [2.05, 4.69) is 4.74 Å². The van der Waals surface area contributed by atoms with Crippen LogP contribution in [0, 0.1) is 17.5 Å². The minimum absolute atomic E-state index is 0.772. The highest BCUT2D eigenvalue weighted by molar-refractivity contribution is 7.91. The lowest BCUT2D eigenvalue weighted by Gasteiger charge is -2.34. The number of rotatable bonds is 2. The molecule has 23 heavy (non-hydrogen) atoms. The van der Waals surface area contributed by atoms with Crippen LogP contribution in [0.4, 0.5) is 22.0 Å². The van der Waals surface area contributed by atoms with Crippen molar-refractivity contribution in [2.75, 3.05) is 5.75 Å². The van der Waals surface area contributed by atoms with Gasteiger partial charge in [-0.05, 0) is 13.8 Å². The van der Waals surface area contributed by atoms with Crippen molar-refractivity contribution in [1.82, 2.24) is 0 Å². The Morgan fingerprint density at radius 1 is 1.04 bits per heavy atom. The van der Waals surface area contributed by atoms with Crippen LogP contribution in [0.1, 0.15) is 26.3 Å². The first-order valence-electron chi connectivity index (χ1n) is 6.54. The third kappa shape index (κ3) is 1.70. The van der Waals surface area contributed by atoms with Crippen molar-refractivity contribution in [3.8, 4) is 5.75 Å². The van der Waals surface area contributed by atoms with Crippen LogP contribution in [-0.4, -0.2) is 25.6 Å². The Kier molecular flexibility index (Phi) is 2.97. The summed E-state index contributed by atoms with van der Waals surface area (Å²) in [5.74, 6) is -14.5. The molecule has 10 heteroatoms. The summed E-state index contributed by atoms with van der Waals surface area (Å²) in [5.41, 5.74) is -3.51. The second kappa shape index (κ2) is 4.15. The molecule has 0 radical (unpaired) electrons. The standard InChI is InChI=1S/C13H11F5O4S/c1-4-23(19,20)10-6(14)5-9(7(15)8(10)16)21-11(2,3)13(18)12(5,17)22-13/h4H2,1-3H3. The quantitative estimate of drug-likeness (QED) is 0.463. The van der Waals surface area contributed by atoms with Crippen LogP contribution in [0.15, 0.2) is 4.90 Å². The minimum atomic E-state index is -4.59. The van der Waals surface area contributed by atoms with Gasteiger partial charge in [-0.1, -0.05) is 6.92 Å². The van der Waals surface area contributed by atoms with Crippen LogP contribution in [0.25, 0.3) is 0 Å². The van der Waals surface area contributed by atoms with E-state index in [4.69, 9.17) is 4.74 Å². The predicted octanol–water partition coefficient (Wildman–Crippen LogP) is 2.89. The van der Waals surface area contributed by atoms with E-state index in [1.807, 2.05) is 0 Å². The Labute approximate surface area is 128 Å². The second-order valence-corrected chi connectivity index (χ2v) is 8.00. The molecule has 1 aromatic carbocycles. The highest BCUT2D eigenvalue weighted by Crippen LogP contribution is 2.69. The third-order valence-electron chi connectivity index (χ3n) is 4.03. The number of alkyl halides is 2. The van der Waals surface area contributed by atoms with Crippen LogP contribution in [0.2, 0.25) is 0 Å². The Morgan fingerprint density at radius 3 is 2.13 bits per heavy atom. The van der Waals surface area contributed by atoms with Crippen LogP contribution >= 0.6 is 0 Å². The molecule has 0 amide bonds. The highest BCUT2D eigenvalue weighted by Gasteiger charge is 2.86. The van der Waals surface area contributed by atoms with Gasteiger partial charge in [0, 0.05) is 0 Å². The van der Waals surface area contributed by atoms with Gasteiger partial charge < -0.3 is 4.74 Å². The summed E-state index contributed by atoms with van der Waals surface area (Å²) in [6, 6.07) is 0. The van der Waals surface area contributed by atoms with E-state index >= 15 is 0 Å². The molecule has 2 aliphatic heterocycles. The molecule has 3 rings (SSSR count). The Morgan fingerprint density at radius 2 is 1.61 bits per heavy atom. The minimum Gasteiger partial charge on any atom is -0.478 e. The van der Waals surface area contributed by atoms with Gasteiger partial charge in [-0.25, -0.2) is 21.6 Å². The van der Waals surface area contributed by atoms with Gasteiger partial charge in [-0.15, -0.1) is 0 Å². The monoisotopic (exact) mass is 358 g/mol. The van der Waals surface area contributed by atoms with Gasteiger partial charge in [0.25, 0.3) is 0 Å². The van der Waals surface area contributed by atoms with Crippen molar-refractivity contribution in [2.24, 2.45) is 0 Å². The van der Waals surface area contributed by atoms with Crippen LogP contribution < -0.4 is 4.74 Å². The van der Waals surface area contributed by atoms with E-state index in [1.54, 1.807) is 0 Å². The highest BCUT2D eigenvalue weighted by atomic mass is 32.2. The third-order valence-corrected chi connectivity index (χ3v) is 5.78. The predicted molar refractivity (Wildman–Crippen MR) is 66.5 cm³/mol. The largest absolute Gasteiger partial charge is 0.478 e. The molecule has 4 nitrogen and oxygen atoms in total. The van der Waals surface area contributed by atoms with Gasteiger partial charge in [0.05, 0.1) is 5.75 Å². The number of fused-ring (bicyclic) bond motifs is 3. The second-order valence-electron chi connectivity index (χ2n) is 5.78. The first kappa shape index (κ1) is 16.4. The molecule has 0 aliphatic carbocycles. The van der Waals surface area contributed by atoms with E-state index in [0.29, 0.717) is 0 Å². The smallest absolute Gasteiger partial charge is 0.315 e. The van der Waals surface area contributed by atoms with Gasteiger partial charge >= 0.3 is 11.7 Å². The number of sulfone groups is 1. The molecular formula is C13H11F5O4S. The molecule has 2 heterocycles. The van der Waals surface area contributed by atoms with Gasteiger partial charge in [0.15, 0.2) is 32.8 Å². The lowest BCUT2D eigenvalue weighted by atomic mass is 9.90. The zero-order chi connectivity index (χ0) is 17.6. The first-order valence-corrected chi connectivity index (χ1v) is 8.20. The van der Waals surface area contributed by atoms with Gasteiger partial charge in [-0.2, -0.15) is 8.78 Å². The fraction of sp³-hybridized carbons (Fsp3) is 0.538. The maximum absolute atomic E-state index is 14.7. The number of hydrogen-bond donors (Lipinski definition) is 0. The number of ether oxygens (including phenoxy) is 2. The summed E-state index contributed by atoms with van der Waals surface area (Å²) in [7, 11) is -4.59. The van der Waals surface area contributed by atoms with Crippen molar-refractivity contribution < 1.29 is 39.8 Å². The molecule has 0 aromatic heterocycles. The average Bonchev–Trinajstić information content (AvgIpc) is 3.01. The molecule has 2 atom stereocenters. The maximum atomic E-state index is 14.7. The van der Waals surface area contributed by atoms with Crippen LogP contribution in [0.3, 0.4) is 0 Å². The zero-order valence-electron chi connectivity index (χ0n) is 12.1. The molecule has 1 aromatic rings. The molecule has 0 spiro atoms. The SMILES string of the molecule is CCS(=O)(=O)c1c(F)c(F)c2c(c1F)C1(F)OC1(F)C(C)(C)O2. The van der Waals surface area contributed by atoms with Crippen molar-refractivity contribution in [1.29, 1.82) is 0 Å². The summed E-state index contributed by atoms with van der Waals surface area (Å²) in [4.78, 5) is -1.67. The van der Waals surface area contributed by atoms with E-state index in [-0.39, 0.29) is 0 Å². The number of benzene rings is 1. The average molecular weight is 358 g/mol. The summed E-state index contributed by atoms with van der Waals surface area (Å²) < 4.78 is 104. The first-order chi connectivity index (χ1) is 10.3. The van der Waals surface area contributed by atoms with E-state index in [9.17, 15) is 30.4 Å². The lowest BCUT2D eigenvalue weighted by molar-refractivity contribution is -0.0709. The Hall–Kier alpha value is -1.42. The maximum Gasteiger partial charge on any atom is 0.315 e. The van der Waals surface area contributed by atoms with Crippen molar-refractivity contribution in [3.05, 3.63) is 23.0 Å². The van der Waals surface area contributed by atoms with E-state index in [1.165, 1.54) is 0 Å². The van der Waals surface area contributed by atoms with Crippen LogP contribution in [-0.2, 0) is 20.4 Å². The Bertz CT molecular complexity index is 838. The lowest BCUT2D eigenvalue weighted by Crippen LogP contribution is -2.49. The summed E-state index contributed by atoms with van der Waals surface area (Å²) >= 11 is 0. The summed E-state index contributed by atoms with van der Waals surface area (Å²) in [6.07, 6.45) is 0. The van der Waals surface area contributed by atoms with Gasteiger partial charge in [0.1, 0.15) is 10.5 Å². The van der Waals surface area contributed by atoms with E-state index in [0.717, 1.165) is 20.8 Å². The van der Waals surface area contributed by atoms with Crippen molar-refractivity contribution in [3.63, 3.8) is 0 Å². The van der Waals surface area contributed by atoms with Crippen molar-refractivity contribution in [2.45, 2.75) is 43.0 Å². The normalized spacial score (nSPS) is 31.1. The fourth-order valence-corrected chi connectivity index (χ4v) is 3.66. The van der Waals surface area contributed by atoms with Gasteiger partial charge in [0.2, 0.25) is 5.82 Å². The van der Waals surface area contributed by atoms with E-state index < -0.39 is 66.6 Å². The molecule has 0 bridgehead atoms. The zero-order valence-corrected chi connectivity index (χ0v) is 13.0. The molecular weight excluding hydrogens is 347 g/mol. The molecule has 0 N–H and O–H groups in total. The summed E-state index contributed by atoms with van der Waals surface area (Å²) in [6.45, 7) is 3.07. The molecule has 2 aliphatic rings. The molecule has 1 saturated heterocycles. The van der Waals surface area contributed by atoms with Crippen LogP contribution in [0.5, 0.6) is 5.75 Å². The van der Waals surface area contributed by atoms with Gasteiger partial charge in [-0.3, -0.25) is 4.74 Å². The molecule has 128 valence electrons. The number of hydrogen-bond acceptors (Lipinski definition) is 4. The number of halogens is 5.